The number of urea groups is 1. The zero-order valence-corrected chi connectivity index (χ0v) is 20.7. The number of hydrogen-bond acceptors (Lipinski definition) is 4. The molecule has 0 saturated carbocycles. The normalized spacial score (nSPS) is 13.2. The Morgan fingerprint density at radius 2 is 1.32 bits per heavy atom. The Kier molecular flexibility index (Phi) is 7.12. The minimum absolute atomic E-state index is 0.0207. The second-order valence-electron chi connectivity index (χ2n) is 8.93. The summed E-state index contributed by atoms with van der Waals surface area (Å²) in [6.45, 7) is 1.94. The van der Waals surface area contributed by atoms with Gasteiger partial charge in [-0.1, -0.05) is 48.5 Å². The third-order valence-corrected chi connectivity index (χ3v) is 6.66. The summed E-state index contributed by atoms with van der Waals surface area (Å²) in [7, 11) is 1.98. The van der Waals surface area contributed by atoms with Gasteiger partial charge >= 0.3 is 6.03 Å². The third-order valence-electron chi connectivity index (χ3n) is 6.66. The maximum absolute atomic E-state index is 13.1. The summed E-state index contributed by atoms with van der Waals surface area (Å²) in [6, 6.07) is 29.1. The van der Waals surface area contributed by atoms with Crippen molar-refractivity contribution < 1.29 is 9.59 Å². The molecule has 1 aromatic heterocycles. The van der Waals surface area contributed by atoms with Gasteiger partial charge in [0.15, 0.2) is 0 Å². The maximum atomic E-state index is 13.1. The predicted octanol–water partition coefficient (Wildman–Crippen LogP) is 5.51. The van der Waals surface area contributed by atoms with Crippen LogP contribution >= 0.6 is 0 Å². The lowest BCUT2D eigenvalue weighted by atomic mass is 10.0. The SMILES string of the molecule is CN(c1ccncc1)c1ccc(C(=O)N2CCN(C(=O)Nc3ccccc3-c3ccccc3)CC2)cc1. The average Bonchev–Trinajstić information content (AvgIpc) is 2.98. The van der Waals surface area contributed by atoms with E-state index in [0.717, 1.165) is 28.2 Å². The third kappa shape index (κ3) is 5.46. The highest BCUT2D eigenvalue weighted by Crippen LogP contribution is 2.28. The first-order valence-electron chi connectivity index (χ1n) is 12.3. The molecule has 1 N–H and O–H groups in total. The van der Waals surface area contributed by atoms with Gasteiger partial charge in [-0.05, 0) is 48.0 Å². The van der Waals surface area contributed by atoms with Crippen molar-refractivity contribution in [3.8, 4) is 11.1 Å². The first kappa shape index (κ1) is 24.1. The number of para-hydroxylation sites is 1. The molecule has 0 atom stereocenters. The van der Waals surface area contributed by atoms with Gasteiger partial charge in [0.05, 0.1) is 5.69 Å². The smallest absolute Gasteiger partial charge is 0.321 e. The largest absolute Gasteiger partial charge is 0.345 e. The van der Waals surface area contributed by atoms with Gasteiger partial charge in [-0.15, -0.1) is 0 Å². The molecule has 0 unspecified atom stereocenters. The zero-order chi connectivity index (χ0) is 25.6. The lowest BCUT2D eigenvalue weighted by molar-refractivity contribution is 0.0671. The van der Waals surface area contributed by atoms with Crippen molar-refractivity contribution >= 4 is 29.0 Å². The number of hydrogen-bond donors (Lipinski definition) is 1. The fraction of sp³-hybridized carbons (Fsp3) is 0.167. The molecule has 7 nitrogen and oxygen atoms in total. The molecule has 4 aromatic rings. The molecule has 0 spiro atoms. The molecule has 2 heterocycles. The molecule has 0 aliphatic carbocycles. The molecular weight excluding hydrogens is 462 g/mol. The number of benzene rings is 3. The Balaban J connectivity index is 1.18. The van der Waals surface area contributed by atoms with Crippen molar-refractivity contribution in [1.29, 1.82) is 0 Å². The van der Waals surface area contributed by atoms with E-state index < -0.39 is 0 Å². The Hall–Kier alpha value is -4.65. The van der Waals surface area contributed by atoms with E-state index in [-0.39, 0.29) is 11.9 Å². The van der Waals surface area contributed by atoms with Crippen molar-refractivity contribution in [1.82, 2.24) is 14.8 Å². The highest BCUT2D eigenvalue weighted by Gasteiger charge is 2.25. The van der Waals surface area contributed by atoms with Crippen LogP contribution in [0.15, 0.2) is 103 Å². The molecular formula is C30H29N5O2. The molecule has 1 aliphatic heterocycles. The second-order valence-corrected chi connectivity index (χ2v) is 8.93. The number of pyridine rings is 1. The summed E-state index contributed by atoms with van der Waals surface area (Å²) in [5.41, 5.74) is 5.44. The molecule has 1 aliphatic rings. The van der Waals surface area contributed by atoms with Gasteiger partial charge in [0.25, 0.3) is 5.91 Å². The molecule has 3 aromatic carbocycles. The molecule has 5 rings (SSSR count). The van der Waals surface area contributed by atoms with Crippen LogP contribution in [0.1, 0.15) is 10.4 Å². The summed E-state index contributed by atoms with van der Waals surface area (Å²) in [5, 5.41) is 3.06. The van der Waals surface area contributed by atoms with E-state index in [1.807, 2.05) is 108 Å². The van der Waals surface area contributed by atoms with Crippen LogP contribution < -0.4 is 10.2 Å². The monoisotopic (exact) mass is 491 g/mol. The van der Waals surface area contributed by atoms with Crippen LogP contribution in [-0.4, -0.2) is 59.9 Å². The summed E-state index contributed by atoms with van der Waals surface area (Å²) < 4.78 is 0. The minimum atomic E-state index is -0.154. The quantitative estimate of drug-likeness (QED) is 0.400. The molecule has 186 valence electrons. The topological polar surface area (TPSA) is 68.8 Å². The lowest BCUT2D eigenvalue weighted by Crippen LogP contribution is -2.51. The zero-order valence-electron chi connectivity index (χ0n) is 20.7. The van der Waals surface area contributed by atoms with Crippen molar-refractivity contribution in [3.63, 3.8) is 0 Å². The molecule has 0 bridgehead atoms. The number of nitrogens with one attached hydrogen (secondary N) is 1. The van der Waals surface area contributed by atoms with Gasteiger partial charge in [0.2, 0.25) is 0 Å². The van der Waals surface area contributed by atoms with Gasteiger partial charge in [-0.2, -0.15) is 0 Å². The number of carbonyl (C=O) groups excluding carboxylic acids is 2. The molecule has 3 amide bonds. The lowest BCUT2D eigenvalue weighted by Gasteiger charge is -2.35. The van der Waals surface area contributed by atoms with Crippen LogP contribution in [0.3, 0.4) is 0 Å². The van der Waals surface area contributed by atoms with Gasteiger partial charge in [-0.3, -0.25) is 9.78 Å². The Morgan fingerprint density at radius 1 is 0.730 bits per heavy atom. The highest BCUT2D eigenvalue weighted by atomic mass is 16.2. The fourth-order valence-corrected chi connectivity index (χ4v) is 4.50. The van der Waals surface area contributed by atoms with Crippen molar-refractivity contribution in [2.45, 2.75) is 0 Å². The van der Waals surface area contributed by atoms with Crippen molar-refractivity contribution in [3.05, 3.63) is 109 Å². The van der Waals surface area contributed by atoms with Gasteiger partial charge in [-0.25, -0.2) is 4.79 Å². The molecule has 1 fully saturated rings. The van der Waals surface area contributed by atoms with E-state index in [1.165, 1.54) is 0 Å². The van der Waals surface area contributed by atoms with Gasteiger partial charge in [0.1, 0.15) is 0 Å². The summed E-state index contributed by atoms with van der Waals surface area (Å²) in [6.07, 6.45) is 3.51. The standard InChI is InChI=1S/C30H29N5O2/c1-33(26-15-17-31-18-16-26)25-13-11-24(12-14-25)29(36)34-19-21-35(22-20-34)30(37)32-28-10-6-5-9-27(28)23-7-3-2-4-8-23/h2-18H,19-22H2,1H3,(H,32,37). The molecule has 1 saturated heterocycles. The Labute approximate surface area is 217 Å². The summed E-state index contributed by atoms with van der Waals surface area (Å²) in [5.74, 6) is -0.0207. The van der Waals surface area contributed by atoms with E-state index in [9.17, 15) is 9.59 Å². The summed E-state index contributed by atoms with van der Waals surface area (Å²) >= 11 is 0. The van der Waals surface area contributed by atoms with E-state index >= 15 is 0 Å². The number of nitrogens with zero attached hydrogens (tertiary/aromatic N) is 4. The van der Waals surface area contributed by atoms with Gasteiger partial charge in [0, 0.05) is 68.1 Å². The number of rotatable bonds is 5. The number of aromatic nitrogens is 1. The Morgan fingerprint density at radius 3 is 2.03 bits per heavy atom. The van der Waals surface area contributed by atoms with Crippen LogP contribution in [0, 0.1) is 0 Å². The average molecular weight is 492 g/mol. The van der Waals surface area contributed by atoms with E-state index in [1.54, 1.807) is 17.3 Å². The minimum Gasteiger partial charge on any atom is -0.345 e. The maximum Gasteiger partial charge on any atom is 0.321 e. The first-order chi connectivity index (χ1) is 18.1. The molecule has 0 radical (unpaired) electrons. The van der Waals surface area contributed by atoms with Crippen LogP contribution in [0.25, 0.3) is 11.1 Å². The second kappa shape index (κ2) is 11.0. The van der Waals surface area contributed by atoms with Crippen LogP contribution in [0.4, 0.5) is 21.9 Å². The number of amides is 3. The van der Waals surface area contributed by atoms with Crippen LogP contribution in [0.5, 0.6) is 0 Å². The van der Waals surface area contributed by atoms with E-state index in [2.05, 4.69) is 10.3 Å². The summed E-state index contributed by atoms with van der Waals surface area (Å²) in [4.78, 5) is 35.8. The Bertz CT molecular complexity index is 1350. The molecule has 7 heteroatoms. The van der Waals surface area contributed by atoms with E-state index in [0.29, 0.717) is 31.7 Å². The number of piperazine rings is 1. The number of carbonyl (C=O) groups is 2. The highest BCUT2D eigenvalue weighted by molar-refractivity contribution is 5.96. The van der Waals surface area contributed by atoms with Gasteiger partial charge < -0.3 is 20.0 Å². The number of anilines is 3. The van der Waals surface area contributed by atoms with Crippen LogP contribution in [0.2, 0.25) is 0 Å². The first-order valence-corrected chi connectivity index (χ1v) is 12.3. The predicted molar refractivity (Wildman–Crippen MR) is 147 cm³/mol. The van der Waals surface area contributed by atoms with E-state index in [4.69, 9.17) is 0 Å². The molecule has 37 heavy (non-hydrogen) atoms. The van der Waals surface area contributed by atoms with Crippen molar-refractivity contribution in [2.24, 2.45) is 0 Å². The van der Waals surface area contributed by atoms with Crippen molar-refractivity contribution in [2.75, 3.05) is 43.4 Å². The fourth-order valence-electron chi connectivity index (χ4n) is 4.50. The van der Waals surface area contributed by atoms with Crippen LogP contribution in [-0.2, 0) is 0 Å².